The molecule has 1 aromatic rings. The van der Waals surface area contributed by atoms with E-state index in [9.17, 15) is 13.5 Å². The van der Waals surface area contributed by atoms with E-state index in [1.165, 1.54) is 11.8 Å². The minimum absolute atomic E-state index is 0.0806. The number of aliphatic hydroxyl groups excluding tert-OH is 1. The van der Waals surface area contributed by atoms with Gasteiger partial charge >= 0.3 is 0 Å². The van der Waals surface area contributed by atoms with Crippen LogP contribution in [0.2, 0.25) is 0 Å². The Kier molecular flexibility index (Phi) is 7.02. The Hall–Kier alpha value is -0.950. The SMILES string of the molecule is CS(=O)(=O)CCCOC1CCN(Cc2cccc(CO)c2)CC1. The lowest BCUT2D eigenvalue weighted by Gasteiger charge is -2.32. The van der Waals surface area contributed by atoms with Crippen molar-refractivity contribution in [2.24, 2.45) is 0 Å². The Bertz CT molecular complexity index is 580. The average Bonchev–Trinajstić information content (AvgIpc) is 2.52. The quantitative estimate of drug-likeness (QED) is 0.728. The summed E-state index contributed by atoms with van der Waals surface area (Å²) in [5.74, 6) is 0.201. The molecule has 0 spiro atoms. The third-order valence-corrected chi connectivity index (χ3v) is 5.16. The van der Waals surface area contributed by atoms with Crippen molar-refractivity contribution < 1.29 is 18.3 Å². The summed E-state index contributed by atoms with van der Waals surface area (Å²) in [6, 6.07) is 8.05. The van der Waals surface area contributed by atoms with E-state index in [4.69, 9.17) is 4.74 Å². The van der Waals surface area contributed by atoms with Gasteiger partial charge in [-0.2, -0.15) is 0 Å². The molecule has 5 nitrogen and oxygen atoms in total. The summed E-state index contributed by atoms with van der Waals surface area (Å²) in [6.45, 7) is 3.47. The smallest absolute Gasteiger partial charge is 0.147 e. The number of ether oxygens (including phenoxy) is 1. The van der Waals surface area contributed by atoms with Crippen molar-refractivity contribution in [1.82, 2.24) is 4.90 Å². The van der Waals surface area contributed by atoms with Crippen molar-refractivity contribution in [1.29, 1.82) is 0 Å². The molecule has 1 aromatic carbocycles. The highest BCUT2D eigenvalue weighted by Gasteiger charge is 2.19. The molecule has 0 radical (unpaired) electrons. The molecule has 0 amide bonds. The first-order valence-corrected chi connectivity index (χ1v) is 10.2. The Morgan fingerprint density at radius 3 is 2.61 bits per heavy atom. The summed E-state index contributed by atoms with van der Waals surface area (Å²) in [5, 5.41) is 9.19. The fraction of sp³-hybridized carbons (Fsp3) is 0.647. The maximum atomic E-state index is 11.1. The highest BCUT2D eigenvalue weighted by molar-refractivity contribution is 7.90. The molecule has 0 unspecified atom stereocenters. The highest BCUT2D eigenvalue weighted by Crippen LogP contribution is 2.17. The van der Waals surface area contributed by atoms with Crippen LogP contribution in [0.3, 0.4) is 0 Å². The molecule has 2 rings (SSSR count). The van der Waals surface area contributed by atoms with E-state index in [1.807, 2.05) is 18.2 Å². The van der Waals surface area contributed by atoms with Gasteiger partial charge in [0, 0.05) is 32.5 Å². The van der Waals surface area contributed by atoms with Crippen LogP contribution in [0.4, 0.5) is 0 Å². The van der Waals surface area contributed by atoms with Crippen LogP contribution in [0.15, 0.2) is 24.3 Å². The first-order valence-electron chi connectivity index (χ1n) is 8.16. The molecule has 1 heterocycles. The van der Waals surface area contributed by atoms with Crippen molar-refractivity contribution in [3.8, 4) is 0 Å². The summed E-state index contributed by atoms with van der Waals surface area (Å²) in [5.41, 5.74) is 2.18. The number of hydrogen-bond acceptors (Lipinski definition) is 5. The summed E-state index contributed by atoms with van der Waals surface area (Å²) in [6.07, 6.45) is 4.05. The zero-order valence-corrected chi connectivity index (χ0v) is 14.6. The van der Waals surface area contributed by atoms with E-state index < -0.39 is 9.84 Å². The molecule has 0 bridgehead atoms. The third kappa shape index (κ3) is 6.99. The number of likely N-dealkylation sites (tertiary alicyclic amines) is 1. The molecule has 130 valence electrons. The number of rotatable bonds is 8. The zero-order chi connectivity index (χ0) is 16.7. The average molecular weight is 341 g/mol. The number of nitrogens with zero attached hydrogens (tertiary/aromatic N) is 1. The summed E-state index contributed by atoms with van der Waals surface area (Å²) >= 11 is 0. The van der Waals surface area contributed by atoms with Gasteiger partial charge in [-0.15, -0.1) is 0 Å². The second kappa shape index (κ2) is 8.78. The fourth-order valence-corrected chi connectivity index (χ4v) is 3.53. The minimum Gasteiger partial charge on any atom is -0.392 e. The van der Waals surface area contributed by atoms with Gasteiger partial charge in [0.05, 0.1) is 18.5 Å². The maximum Gasteiger partial charge on any atom is 0.147 e. The van der Waals surface area contributed by atoms with Crippen molar-refractivity contribution in [3.05, 3.63) is 35.4 Å². The lowest BCUT2D eigenvalue weighted by Crippen LogP contribution is -2.36. The second-order valence-electron chi connectivity index (χ2n) is 6.31. The standard InChI is InChI=1S/C17H27NO4S/c1-23(20,21)11-3-10-22-17-6-8-18(9-7-17)13-15-4-2-5-16(12-15)14-19/h2,4-5,12,17,19H,3,6-11,13-14H2,1H3. The van der Waals surface area contributed by atoms with Crippen molar-refractivity contribution in [3.63, 3.8) is 0 Å². The predicted molar refractivity (Wildman–Crippen MR) is 90.9 cm³/mol. The van der Waals surface area contributed by atoms with Crippen LogP contribution in [0.1, 0.15) is 30.4 Å². The van der Waals surface area contributed by atoms with Crippen LogP contribution in [-0.2, 0) is 27.7 Å². The van der Waals surface area contributed by atoms with E-state index in [0.717, 1.165) is 38.0 Å². The predicted octanol–water partition coefficient (Wildman–Crippen LogP) is 1.59. The lowest BCUT2D eigenvalue weighted by molar-refractivity contribution is 0.00647. The first-order chi connectivity index (χ1) is 11.0. The molecule has 0 aliphatic carbocycles. The van der Waals surface area contributed by atoms with Crippen molar-refractivity contribution >= 4 is 9.84 Å². The molecular weight excluding hydrogens is 314 g/mol. The van der Waals surface area contributed by atoms with E-state index in [2.05, 4.69) is 11.0 Å². The van der Waals surface area contributed by atoms with Gasteiger partial charge in [-0.25, -0.2) is 8.42 Å². The molecule has 1 N–H and O–H groups in total. The van der Waals surface area contributed by atoms with Gasteiger partial charge < -0.3 is 9.84 Å². The molecule has 0 atom stereocenters. The van der Waals surface area contributed by atoms with Crippen LogP contribution in [0, 0.1) is 0 Å². The van der Waals surface area contributed by atoms with Gasteiger partial charge in [0.25, 0.3) is 0 Å². The number of piperidine rings is 1. The largest absolute Gasteiger partial charge is 0.392 e. The van der Waals surface area contributed by atoms with Crippen molar-refractivity contribution in [2.75, 3.05) is 31.7 Å². The van der Waals surface area contributed by atoms with Crippen LogP contribution >= 0.6 is 0 Å². The monoisotopic (exact) mass is 341 g/mol. The van der Waals surface area contributed by atoms with Crippen LogP contribution in [0.5, 0.6) is 0 Å². The van der Waals surface area contributed by atoms with E-state index in [1.54, 1.807) is 0 Å². The van der Waals surface area contributed by atoms with Gasteiger partial charge in [0.1, 0.15) is 9.84 Å². The molecule has 23 heavy (non-hydrogen) atoms. The van der Waals surface area contributed by atoms with Gasteiger partial charge in [-0.3, -0.25) is 4.90 Å². The Labute approximate surface area is 139 Å². The first kappa shape index (κ1) is 18.4. The molecule has 0 aromatic heterocycles. The van der Waals surface area contributed by atoms with E-state index in [-0.39, 0.29) is 18.5 Å². The summed E-state index contributed by atoms with van der Waals surface area (Å²) < 4.78 is 27.9. The van der Waals surface area contributed by atoms with Crippen LogP contribution < -0.4 is 0 Å². The second-order valence-corrected chi connectivity index (χ2v) is 8.57. The molecule has 1 fully saturated rings. The minimum atomic E-state index is -2.88. The molecule has 1 aliphatic rings. The number of benzene rings is 1. The molecule has 0 saturated carbocycles. The summed E-state index contributed by atoms with van der Waals surface area (Å²) in [4.78, 5) is 2.40. The summed E-state index contributed by atoms with van der Waals surface area (Å²) in [7, 11) is -2.88. The van der Waals surface area contributed by atoms with Gasteiger partial charge in [0.15, 0.2) is 0 Å². The lowest BCUT2D eigenvalue weighted by atomic mass is 10.1. The normalized spacial score (nSPS) is 17.5. The van der Waals surface area contributed by atoms with Gasteiger partial charge in [-0.1, -0.05) is 24.3 Å². The Morgan fingerprint density at radius 1 is 1.26 bits per heavy atom. The maximum absolute atomic E-state index is 11.1. The molecular formula is C17H27NO4S. The number of aliphatic hydroxyl groups is 1. The van der Waals surface area contributed by atoms with Crippen LogP contribution in [0.25, 0.3) is 0 Å². The number of sulfone groups is 1. The van der Waals surface area contributed by atoms with Crippen molar-refractivity contribution in [2.45, 2.75) is 38.5 Å². The zero-order valence-electron chi connectivity index (χ0n) is 13.8. The molecule has 1 saturated heterocycles. The topological polar surface area (TPSA) is 66.8 Å². The van der Waals surface area contributed by atoms with Gasteiger partial charge in [-0.05, 0) is 30.4 Å². The number of hydrogen-bond donors (Lipinski definition) is 1. The molecule has 1 aliphatic heterocycles. The van der Waals surface area contributed by atoms with E-state index in [0.29, 0.717) is 13.0 Å². The third-order valence-electron chi connectivity index (χ3n) is 4.13. The van der Waals surface area contributed by atoms with Crippen LogP contribution in [-0.4, -0.2) is 56.2 Å². The Morgan fingerprint density at radius 2 is 1.96 bits per heavy atom. The van der Waals surface area contributed by atoms with E-state index >= 15 is 0 Å². The highest BCUT2D eigenvalue weighted by atomic mass is 32.2. The van der Waals surface area contributed by atoms with Gasteiger partial charge in [0.2, 0.25) is 0 Å². The Balaban J connectivity index is 1.67. The fourth-order valence-electron chi connectivity index (χ4n) is 2.89. The molecule has 6 heteroatoms.